The van der Waals surface area contributed by atoms with Gasteiger partial charge in [-0.2, -0.15) is 0 Å². The molecule has 0 saturated carbocycles. The zero-order chi connectivity index (χ0) is 13.5. The molecule has 0 aromatic rings. The monoisotopic (exact) mass is 252 g/mol. The molecule has 1 heteroatoms. The smallest absolute Gasteiger partial charge is 0.111 e. The van der Waals surface area contributed by atoms with Gasteiger partial charge in [-0.3, -0.25) is 0 Å². The quantitative estimate of drug-likeness (QED) is 0.402. The summed E-state index contributed by atoms with van der Waals surface area (Å²) in [5.41, 5.74) is 0. The van der Waals surface area contributed by atoms with Crippen molar-refractivity contribution in [1.29, 1.82) is 0 Å². The van der Waals surface area contributed by atoms with E-state index in [1.807, 2.05) is 0 Å². The van der Waals surface area contributed by atoms with Crippen molar-refractivity contribution in [3.05, 3.63) is 0 Å². The molecule has 0 rings (SSSR count). The Morgan fingerprint density at radius 3 is 1.67 bits per heavy atom. The third-order valence-corrected chi connectivity index (χ3v) is 3.22. The van der Waals surface area contributed by atoms with E-state index in [-0.39, 0.29) is 0 Å². The van der Waals surface area contributed by atoms with Gasteiger partial charge in [0.05, 0.1) is 0 Å². The summed E-state index contributed by atoms with van der Waals surface area (Å²) in [4.78, 5) is 0. The molecule has 0 aromatic carbocycles. The number of aliphatic hydroxyl groups excluding tert-OH is 1. The molecule has 0 aromatic heterocycles. The van der Waals surface area contributed by atoms with Crippen LogP contribution in [-0.2, 0) is 0 Å². The van der Waals surface area contributed by atoms with Gasteiger partial charge < -0.3 is 5.11 Å². The van der Waals surface area contributed by atoms with Gasteiger partial charge >= 0.3 is 0 Å². The Bertz CT molecular complexity index is 209. The molecule has 0 aliphatic carbocycles. The van der Waals surface area contributed by atoms with Crippen molar-refractivity contribution in [3.63, 3.8) is 0 Å². The molecular weight excluding hydrogens is 220 g/mol. The Morgan fingerprint density at radius 1 is 0.778 bits per heavy atom. The average Bonchev–Trinajstić information content (AvgIpc) is 2.34. The first-order valence-corrected chi connectivity index (χ1v) is 7.93. The van der Waals surface area contributed by atoms with Gasteiger partial charge in [0, 0.05) is 6.42 Å². The minimum absolute atomic E-state index is 0.460. The summed E-state index contributed by atoms with van der Waals surface area (Å²) in [7, 11) is 0. The lowest BCUT2D eigenvalue weighted by Crippen LogP contribution is -1.92. The van der Waals surface area contributed by atoms with E-state index in [0.29, 0.717) is 0 Å². The fourth-order valence-electron chi connectivity index (χ4n) is 2.10. The minimum Gasteiger partial charge on any atom is -0.381 e. The molecule has 0 amide bonds. The number of rotatable bonds is 11. The fourth-order valence-corrected chi connectivity index (χ4v) is 2.10. The predicted molar refractivity (Wildman–Crippen MR) is 80.5 cm³/mol. The summed E-state index contributed by atoms with van der Waals surface area (Å²) in [5.74, 6) is 5.80. The van der Waals surface area contributed by atoms with Crippen LogP contribution < -0.4 is 0 Å². The predicted octanol–water partition coefficient (Wildman–Crippen LogP) is 5.07. The SMILES string of the molecule is CCCCCCCCCCCCCC#C[C@H](C)O. The van der Waals surface area contributed by atoms with Crippen molar-refractivity contribution in [2.75, 3.05) is 0 Å². The summed E-state index contributed by atoms with van der Waals surface area (Å²) >= 11 is 0. The van der Waals surface area contributed by atoms with Crippen LogP contribution in [0, 0.1) is 11.8 Å². The first-order valence-electron chi connectivity index (χ1n) is 7.93. The van der Waals surface area contributed by atoms with Crippen LogP contribution in [0.25, 0.3) is 0 Å². The highest BCUT2D eigenvalue weighted by Gasteiger charge is 1.92. The van der Waals surface area contributed by atoms with Crippen LogP contribution in [0.2, 0.25) is 0 Å². The molecule has 0 heterocycles. The highest BCUT2D eigenvalue weighted by atomic mass is 16.3. The highest BCUT2D eigenvalue weighted by molar-refractivity contribution is 5.02. The van der Waals surface area contributed by atoms with Gasteiger partial charge in [0.1, 0.15) is 6.10 Å². The Morgan fingerprint density at radius 2 is 1.22 bits per heavy atom. The average molecular weight is 252 g/mol. The van der Waals surface area contributed by atoms with Gasteiger partial charge in [-0.15, -0.1) is 5.92 Å². The summed E-state index contributed by atoms with van der Waals surface area (Å²) in [6, 6.07) is 0. The first-order chi connectivity index (χ1) is 8.77. The lowest BCUT2D eigenvalue weighted by atomic mass is 10.1. The maximum Gasteiger partial charge on any atom is 0.111 e. The molecule has 1 N–H and O–H groups in total. The molecular formula is C17H32O. The molecule has 1 atom stereocenters. The van der Waals surface area contributed by atoms with E-state index in [2.05, 4.69) is 18.8 Å². The van der Waals surface area contributed by atoms with Gasteiger partial charge in [-0.25, -0.2) is 0 Å². The third-order valence-electron chi connectivity index (χ3n) is 3.22. The van der Waals surface area contributed by atoms with Crippen LogP contribution in [0.1, 0.15) is 90.9 Å². The zero-order valence-electron chi connectivity index (χ0n) is 12.5. The van der Waals surface area contributed by atoms with Crippen molar-refractivity contribution in [1.82, 2.24) is 0 Å². The molecule has 0 saturated heterocycles. The first kappa shape index (κ1) is 17.5. The Balaban J connectivity index is 3.02. The molecule has 18 heavy (non-hydrogen) atoms. The lowest BCUT2D eigenvalue weighted by molar-refractivity contribution is 0.253. The second-order valence-electron chi connectivity index (χ2n) is 5.28. The van der Waals surface area contributed by atoms with Crippen molar-refractivity contribution in [3.8, 4) is 11.8 Å². The van der Waals surface area contributed by atoms with Crippen LogP contribution >= 0.6 is 0 Å². The number of hydrogen-bond donors (Lipinski definition) is 1. The normalized spacial score (nSPS) is 11.9. The van der Waals surface area contributed by atoms with Crippen LogP contribution in [0.3, 0.4) is 0 Å². The molecule has 106 valence electrons. The Labute approximate surface area is 114 Å². The fraction of sp³-hybridized carbons (Fsp3) is 0.882. The van der Waals surface area contributed by atoms with E-state index in [1.165, 1.54) is 70.6 Å². The maximum atomic E-state index is 8.96. The molecule has 0 aliphatic heterocycles. The van der Waals surface area contributed by atoms with Crippen LogP contribution in [0.4, 0.5) is 0 Å². The molecule has 1 nitrogen and oxygen atoms in total. The van der Waals surface area contributed by atoms with Crippen LogP contribution in [-0.4, -0.2) is 11.2 Å². The Hall–Kier alpha value is -0.480. The van der Waals surface area contributed by atoms with Gasteiger partial charge in [0.25, 0.3) is 0 Å². The molecule has 0 aliphatic rings. The van der Waals surface area contributed by atoms with Crippen molar-refractivity contribution < 1.29 is 5.11 Å². The molecule has 0 radical (unpaired) electrons. The standard InChI is InChI=1S/C17H32O/c1-3-4-5-6-7-8-9-10-11-12-13-14-15-16-17(2)18/h17-18H,3-14H2,1-2H3/t17-/m0/s1. The largest absolute Gasteiger partial charge is 0.381 e. The van der Waals surface area contributed by atoms with E-state index in [1.54, 1.807) is 6.92 Å². The molecule has 0 fully saturated rings. The van der Waals surface area contributed by atoms with Gasteiger partial charge in [0.15, 0.2) is 0 Å². The molecule has 0 bridgehead atoms. The van der Waals surface area contributed by atoms with E-state index in [9.17, 15) is 0 Å². The highest BCUT2D eigenvalue weighted by Crippen LogP contribution is 2.11. The number of aliphatic hydroxyl groups is 1. The topological polar surface area (TPSA) is 20.2 Å². The number of unbranched alkanes of at least 4 members (excludes halogenated alkanes) is 11. The lowest BCUT2D eigenvalue weighted by Gasteiger charge is -2.01. The van der Waals surface area contributed by atoms with Crippen molar-refractivity contribution in [2.45, 2.75) is 97.0 Å². The second-order valence-corrected chi connectivity index (χ2v) is 5.28. The molecule has 0 unspecified atom stereocenters. The van der Waals surface area contributed by atoms with Gasteiger partial charge in [0.2, 0.25) is 0 Å². The van der Waals surface area contributed by atoms with E-state index >= 15 is 0 Å². The van der Waals surface area contributed by atoms with Gasteiger partial charge in [-0.05, 0) is 13.3 Å². The Kier molecular flexibility index (Phi) is 14.2. The summed E-state index contributed by atoms with van der Waals surface area (Å²) in [5, 5.41) is 8.96. The number of hydrogen-bond acceptors (Lipinski definition) is 1. The van der Waals surface area contributed by atoms with Crippen molar-refractivity contribution in [2.24, 2.45) is 0 Å². The summed E-state index contributed by atoms with van der Waals surface area (Å²) in [6.45, 7) is 3.99. The van der Waals surface area contributed by atoms with Crippen LogP contribution in [0.5, 0.6) is 0 Å². The molecule has 0 spiro atoms. The zero-order valence-corrected chi connectivity index (χ0v) is 12.5. The minimum atomic E-state index is -0.460. The second kappa shape index (κ2) is 14.6. The van der Waals surface area contributed by atoms with Gasteiger partial charge in [-0.1, -0.05) is 77.1 Å². The van der Waals surface area contributed by atoms with Crippen molar-refractivity contribution >= 4 is 0 Å². The van der Waals surface area contributed by atoms with E-state index < -0.39 is 6.10 Å². The maximum absolute atomic E-state index is 8.96. The summed E-state index contributed by atoms with van der Waals surface area (Å²) < 4.78 is 0. The van der Waals surface area contributed by atoms with E-state index in [0.717, 1.165) is 6.42 Å². The van der Waals surface area contributed by atoms with E-state index in [4.69, 9.17) is 5.11 Å². The van der Waals surface area contributed by atoms with Crippen LogP contribution in [0.15, 0.2) is 0 Å². The summed E-state index contributed by atoms with van der Waals surface area (Å²) in [6.07, 6.45) is 15.6. The third kappa shape index (κ3) is 15.5.